The van der Waals surface area contributed by atoms with Gasteiger partial charge in [0.15, 0.2) is 5.76 Å². The third-order valence-electron chi connectivity index (χ3n) is 3.00. The van der Waals surface area contributed by atoms with Crippen LogP contribution in [0.3, 0.4) is 0 Å². The highest BCUT2D eigenvalue weighted by molar-refractivity contribution is 7.11. The summed E-state index contributed by atoms with van der Waals surface area (Å²) in [5.41, 5.74) is 4.13. The van der Waals surface area contributed by atoms with E-state index in [0.29, 0.717) is 11.4 Å². The van der Waals surface area contributed by atoms with E-state index >= 15 is 0 Å². The number of amides is 1. The molecule has 1 amide bonds. The number of hydrogen-bond donors (Lipinski definition) is 1. The number of aryl methyl sites for hydroxylation is 1. The average molecular weight is 299 g/mol. The van der Waals surface area contributed by atoms with E-state index in [2.05, 4.69) is 15.3 Å². The highest BCUT2D eigenvalue weighted by Gasteiger charge is 2.11. The number of pyridine rings is 1. The maximum Gasteiger partial charge on any atom is 0.263 e. The molecular weight excluding hydrogens is 286 g/mol. The van der Waals surface area contributed by atoms with Gasteiger partial charge in [0.2, 0.25) is 0 Å². The number of aromatic nitrogens is 2. The molecule has 1 N–H and O–H groups in total. The highest BCUT2D eigenvalue weighted by atomic mass is 32.1. The number of nitrogens with one attached hydrogen (secondary N) is 1. The van der Waals surface area contributed by atoms with E-state index in [9.17, 15) is 4.79 Å². The Morgan fingerprint density at radius 3 is 2.86 bits per heavy atom. The van der Waals surface area contributed by atoms with Crippen LogP contribution in [0.5, 0.6) is 0 Å². The van der Waals surface area contributed by atoms with Gasteiger partial charge in [-0.15, -0.1) is 11.3 Å². The number of carbonyl (C=O) groups excluding carboxylic acids is 1. The van der Waals surface area contributed by atoms with Crippen LogP contribution >= 0.6 is 11.3 Å². The molecule has 0 unspecified atom stereocenters. The fourth-order valence-corrected chi connectivity index (χ4v) is 2.60. The molecular formula is C15H13N3O2S. The number of thiazole rings is 1. The fourth-order valence-electron chi connectivity index (χ4n) is 1.88. The Morgan fingerprint density at radius 1 is 1.33 bits per heavy atom. The molecule has 0 spiro atoms. The van der Waals surface area contributed by atoms with Gasteiger partial charge < -0.3 is 9.73 Å². The predicted octanol–water partition coefficient (Wildman–Crippen LogP) is 3.04. The van der Waals surface area contributed by atoms with Crippen molar-refractivity contribution < 1.29 is 9.21 Å². The second kappa shape index (κ2) is 5.88. The van der Waals surface area contributed by atoms with Crippen molar-refractivity contribution in [1.29, 1.82) is 0 Å². The predicted molar refractivity (Wildman–Crippen MR) is 80.0 cm³/mol. The summed E-state index contributed by atoms with van der Waals surface area (Å²) in [5, 5.41) is 2.86. The first-order chi connectivity index (χ1) is 10.2. The van der Waals surface area contributed by atoms with Crippen molar-refractivity contribution in [2.75, 3.05) is 0 Å². The van der Waals surface area contributed by atoms with Crippen molar-refractivity contribution in [2.45, 2.75) is 13.5 Å². The third-order valence-corrected chi connectivity index (χ3v) is 3.93. The van der Waals surface area contributed by atoms with Crippen LogP contribution in [0, 0.1) is 6.92 Å². The second-order valence-electron chi connectivity index (χ2n) is 4.48. The summed E-state index contributed by atoms with van der Waals surface area (Å²) >= 11 is 1.34. The molecule has 0 saturated heterocycles. The summed E-state index contributed by atoms with van der Waals surface area (Å²) in [6, 6.07) is 7.47. The first-order valence-electron chi connectivity index (χ1n) is 6.41. The molecule has 21 heavy (non-hydrogen) atoms. The Labute approximate surface area is 125 Å². The van der Waals surface area contributed by atoms with Crippen LogP contribution in [-0.4, -0.2) is 15.9 Å². The van der Waals surface area contributed by atoms with Gasteiger partial charge in [-0.05, 0) is 30.7 Å². The zero-order valence-electron chi connectivity index (χ0n) is 11.4. The number of carbonyl (C=O) groups is 1. The minimum absolute atomic E-state index is 0.106. The molecule has 3 aromatic rings. The largest absolute Gasteiger partial charge is 0.463 e. The number of rotatable bonds is 4. The molecule has 0 radical (unpaired) electrons. The van der Waals surface area contributed by atoms with Crippen LogP contribution in [0.25, 0.3) is 11.5 Å². The Balaban J connectivity index is 1.64. The van der Waals surface area contributed by atoms with E-state index in [-0.39, 0.29) is 5.91 Å². The number of nitrogens with zero attached hydrogens (tertiary/aromatic N) is 2. The summed E-state index contributed by atoms with van der Waals surface area (Å²) in [6.07, 6.45) is 3.35. The third kappa shape index (κ3) is 3.00. The standard InChI is InChI=1S/C15H13N3O2S/c1-10-14(21-9-18-10)15(19)17-8-11-4-5-12(16-7-11)13-3-2-6-20-13/h2-7,9H,8H2,1H3,(H,17,19). The first-order valence-corrected chi connectivity index (χ1v) is 7.29. The van der Waals surface area contributed by atoms with E-state index in [1.165, 1.54) is 11.3 Å². The molecule has 0 saturated carbocycles. The summed E-state index contributed by atoms with van der Waals surface area (Å²) in [7, 11) is 0. The van der Waals surface area contributed by atoms with E-state index in [4.69, 9.17) is 4.42 Å². The summed E-state index contributed by atoms with van der Waals surface area (Å²) in [4.78, 5) is 21.0. The van der Waals surface area contributed by atoms with E-state index < -0.39 is 0 Å². The van der Waals surface area contributed by atoms with Crippen molar-refractivity contribution in [1.82, 2.24) is 15.3 Å². The number of furan rings is 1. The molecule has 0 aromatic carbocycles. The van der Waals surface area contributed by atoms with Crippen LogP contribution < -0.4 is 5.32 Å². The lowest BCUT2D eigenvalue weighted by Crippen LogP contribution is -2.22. The van der Waals surface area contributed by atoms with Gasteiger partial charge in [-0.3, -0.25) is 9.78 Å². The van der Waals surface area contributed by atoms with Gasteiger partial charge in [-0.2, -0.15) is 0 Å². The van der Waals surface area contributed by atoms with Crippen LogP contribution in [0.15, 0.2) is 46.7 Å². The SMILES string of the molecule is Cc1ncsc1C(=O)NCc1ccc(-c2ccco2)nc1. The van der Waals surface area contributed by atoms with Crippen LogP contribution in [0.4, 0.5) is 0 Å². The molecule has 0 aliphatic rings. The van der Waals surface area contributed by atoms with Crippen molar-refractivity contribution >= 4 is 17.2 Å². The highest BCUT2D eigenvalue weighted by Crippen LogP contribution is 2.17. The van der Waals surface area contributed by atoms with Crippen LogP contribution in [0.1, 0.15) is 20.9 Å². The first kappa shape index (κ1) is 13.5. The molecule has 0 aliphatic heterocycles. The van der Waals surface area contributed by atoms with Gasteiger partial charge in [0, 0.05) is 12.7 Å². The molecule has 6 heteroatoms. The quantitative estimate of drug-likeness (QED) is 0.804. The van der Waals surface area contributed by atoms with Crippen LogP contribution in [0.2, 0.25) is 0 Å². The maximum atomic E-state index is 12.0. The lowest BCUT2D eigenvalue weighted by atomic mass is 10.2. The van der Waals surface area contributed by atoms with Gasteiger partial charge >= 0.3 is 0 Å². The average Bonchev–Trinajstić information content (AvgIpc) is 3.16. The summed E-state index contributed by atoms with van der Waals surface area (Å²) < 4.78 is 5.28. The Morgan fingerprint density at radius 2 is 2.24 bits per heavy atom. The molecule has 3 heterocycles. The Hall–Kier alpha value is -2.47. The van der Waals surface area contributed by atoms with E-state index in [0.717, 1.165) is 22.7 Å². The fraction of sp³-hybridized carbons (Fsp3) is 0.133. The van der Waals surface area contributed by atoms with Gasteiger partial charge in [0.1, 0.15) is 10.6 Å². The lowest BCUT2D eigenvalue weighted by Gasteiger charge is -2.04. The Kier molecular flexibility index (Phi) is 3.79. The maximum absolute atomic E-state index is 12.0. The molecule has 3 aromatic heterocycles. The smallest absolute Gasteiger partial charge is 0.263 e. The molecule has 106 valence electrons. The molecule has 0 aliphatic carbocycles. The van der Waals surface area contributed by atoms with Crippen molar-refractivity contribution in [3.8, 4) is 11.5 Å². The Bertz CT molecular complexity index is 733. The minimum atomic E-state index is -0.106. The molecule has 3 rings (SSSR count). The van der Waals surface area contributed by atoms with Gasteiger partial charge in [0.05, 0.1) is 17.5 Å². The van der Waals surface area contributed by atoms with E-state index in [1.54, 1.807) is 18.0 Å². The van der Waals surface area contributed by atoms with Gasteiger partial charge in [0.25, 0.3) is 5.91 Å². The van der Waals surface area contributed by atoms with Gasteiger partial charge in [-0.25, -0.2) is 4.98 Å². The van der Waals surface area contributed by atoms with Crippen molar-refractivity contribution in [3.05, 3.63) is 58.4 Å². The molecule has 0 atom stereocenters. The molecule has 0 fully saturated rings. The topological polar surface area (TPSA) is 68.0 Å². The lowest BCUT2D eigenvalue weighted by molar-refractivity contribution is 0.0954. The summed E-state index contributed by atoms with van der Waals surface area (Å²) in [6.45, 7) is 2.26. The normalized spacial score (nSPS) is 10.5. The van der Waals surface area contributed by atoms with Gasteiger partial charge in [-0.1, -0.05) is 6.07 Å². The van der Waals surface area contributed by atoms with E-state index in [1.807, 2.05) is 31.2 Å². The second-order valence-corrected chi connectivity index (χ2v) is 5.33. The number of hydrogen-bond acceptors (Lipinski definition) is 5. The monoisotopic (exact) mass is 299 g/mol. The molecule has 0 bridgehead atoms. The summed E-state index contributed by atoms with van der Waals surface area (Å²) in [5.74, 6) is 0.621. The van der Waals surface area contributed by atoms with Crippen molar-refractivity contribution in [3.63, 3.8) is 0 Å². The van der Waals surface area contributed by atoms with Crippen LogP contribution in [-0.2, 0) is 6.54 Å². The molecule has 5 nitrogen and oxygen atoms in total. The van der Waals surface area contributed by atoms with Crippen molar-refractivity contribution in [2.24, 2.45) is 0 Å². The zero-order valence-corrected chi connectivity index (χ0v) is 12.2. The zero-order chi connectivity index (χ0) is 14.7. The minimum Gasteiger partial charge on any atom is -0.463 e.